The Morgan fingerprint density at radius 1 is 0.939 bits per heavy atom. The fourth-order valence-electron chi connectivity index (χ4n) is 3.15. The van der Waals surface area contributed by atoms with E-state index < -0.39 is 6.04 Å². The van der Waals surface area contributed by atoms with E-state index in [4.69, 9.17) is 9.47 Å². The number of amides is 2. The van der Waals surface area contributed by atoms with Crippen molar-refractivity contribution < 1.29 is 19.1 Å². The highest BCUT2D eigenvalue weighted by molar-refractivity contribution is 5.97. The number of pyridine rings is 1. The van der Waals surface area contributed by atoms with Crippen LogP contribution < -0.4 is 20.1 Å². The average molecular weight is 448 g/mol. The van der Waals surface area contributed by atoms with Crippen molar-refractivity contribution in [2.75, 3.05) is 7.11 Å². The number of ether oxygens (including phenoxy) is 2. The van der Waals surface area contributed by atoms with Gasteiger partial charge in [-0.3, -0.25) is 14.6 Å². The first-order valence-electron chi connectivity index (χ1n) is 10.8. The molecule has 7 nitrogen and oxygen atoms in total. The Labute approximate surface area is 194 Å². The first-order valence-corrected chi connectivity index (χ1v) is 10.8. The summed E-state index contributed by atoms with van der Waals surface area (Å²) in [6.07, 6.45) is 3.49. The van der Waals surface area contributed by atoms with Crippen molar-refractivity contribution in [2.45, 2.75) is 33.0 Å². The zero-order valence-electron chi connectivity index (χ0n) is 19.1. The SMILES string of the molecule is COc1ccc(C(=O)NC(C(=O)NCc2ccc(OCc3cccnc3)cc2)C(C)C)cc1. The van der Waals surface area contributed by atoms with Crippen LogP contribution in [0.3, 0.4) is 0 Å². The van der Waals surface area contributed by atoms with Crippen molar-refractivity contribution in [1.82, 2.24) is 15.6 Å². The molecule has 2 N–H and O–H groups in total. The zero-order valence-corrected chi connectivity index (χ0v) is 19.1. The van der Waals surface area contributed by atoms with Gasteiger partial charge in [0.15, 0.2) is 0 Å². The molecule has 1 unspecified atom stereocenters. The van der Waals surface area contributed by atoms with Crippen LogP contribution in [0.25, 0.3) is 0 Å². The second kappa shape index (κ2) is 11.7. The van der Waals surface area contributed by atoms with E-state index in [2.05, 4.69) is 15.6 Å². The number of methoxy groups -OCH3 is 1. The highest BCUT2D eigenvalue weighted by Crippen LogP contribution is 2.15. The normalized spacial score (nSPS) is 11.5. The lowest BCUT2D eigenvalue weighted by molar-refractivity contribution is -0.124. The molecule has 0 aliphatic rings. The molecule has 0 spiro atoms. The number of rotatable bonds is 10. The van der Waals surface area contributed by atoms with Crippen LogP contribution in [0, 0.1) is 5.92 Å². The van der Waals surface area contributed by atoms with Gasteiger partial charge in [0.05, 0.1) is 7.11 Å². The molecule has 0 fully saturated rings. The van der Waals surface area contributed by atoms with Crippen LogP contribution in [0.4, 0.5) is 0 Å². The Morgan fingerprint density at radius 3 is 2.24 bits per heavy atom. The molecule has 0 bridgehead atoms. The zero-order chi connectivity index (χ0) is 23.6. The van der Waals surface area contributed by atoms with Crippen molar-refractivity contribution in [3.8, 4) is 11.5 Å². The van der Waals surface area contributed by atoms with Gasteiger partial charge in [-0.15, -0.1) is 0 Å². The van der Waals surface area contributed by atoms with Gasteiger partial charge in [-0.2, -0.15) is 0 Å². The topological polar surface area (TPSA) is 89.5 Å². The Hall–Kier alpha value is -3.87. The number of carbonyl (C=O) groups is 2. The molecule has 2 amide bonds. The predicted molar refractivity (Wildman–Crippen MR) is 126 cm³/mol. The lowest BCUT2D eigenvalue weighted by Crippen LogP contribution is -2.49. The Morgan fingerprint density at radius 2 is 1.64 bits per heavy atom. The van der Waals surface area contributed by atoms with Crippen molar-refractivity contribution in [3.63, 3.8) is 0 Å². The quantitative estimate of drug-likeness (QED) is 0.494. The maximum absolute atomic E-state index is 12.8. The number of carbonyl (C=O) groups excluding carboxylic acids is 2. The summed E-state index contributed by atoms with van der Waals surface area (Å²) in [6, 6.07) is 17.5. The van der Waals surface area contributed by atoms with Crippen LogP contribution in [-0.2, 0) is 17.9 Å². The molecule has 33 heavy (non-hydrogen) atoms. The highest BCUT2D eigenvalue weighted by atomic mass is 16.5. The molecule has 0 aliphatic carbocycles. The number of benzene rings is 2. The van der Waals surface area contributed by atoms with Gasteiger partial charge < -0.3 is 20.1 Å². The van der Waals surface area contributed by atoms with Crippen LogP contribution in [0.1, 0.15) is 35.3 Å². The van der Waals surface area contributed by atoms with E-state index in [0.717, 1.165) is 16.9 Å². The standard InChI is InChI=1S/C26H29N3O4/c1-18(2)24(29-25(30)21-8-12-22(32-3)13-9-21)26(31)28-16-19-6-10-23(11-7-19)33-17-20-5-4-14-27-15-20/h4-15,18,24H,16-17H2,1-3H3,(H,28,31)(H,29,30). The Balaban J connectivity index is 1.52. The number of aromatic nitrogens is 1. The Kier molecular flexibility index (Phi) is 8.41. The van der Waals surface area contributed by atoms with Crippen molar-refractivity contribution in [2.24, 2.45) is 5.92 Å². The fraction of sp³-hybridized carbons (Fsp3) is 0.269. The lowest BCUT2D eigenvalue weighted by Gasteiger charge is -2.22. The van der Waals surface area contributed by atoms with Crippen LogP contribution in [-0.4, -0.2) is 29.9 Å². The minimum absolute atomic E-state index is 0.0737. The largest absolute Gasteiger partial charge is 0.497 e. The average Bonchev–Trinajstić information content (AvgIpc) is 2.85. The first-order chi connectivity index (χ1) is 16.0. The maximum atomic E-state index is 12.8. The van der Waals surface area contributed by atoms with Crippen LogP contribution in [0.5, 0.6) is 11.5 Å². The van der Waals surface area contributed by atoms with Crippen molar-refractivity contribution >= 4 is 11.8 Å². The van der Waals surface area contributed by atoms with Crippen LogP contribution in [0.2, 0.25) is 0 Å². The summed E-state index contributed by atoms with van der Waals surface area (Å²) in [6.45, 7) is 4.58. The van der Waals surface area contributed by atoms with E-state index in [1.54, 1.807) is 43.8 Å². The van der Waals surface area contributed by atoms with E-state index >= 15 is 0 Å². The van der Waals surface area contributed by atoms with E-state index in [-0.39, 0.29) is 17.7 Å². The summed E-state index contributed by atoms with van der Waals surface area (Å²) in [4.78, 5) is 29.4. The second-order valence-corrected chi connectivity index (χ2v) is 7.94. The molecule has 0 saturated carbocycles. The number of hydrogen-bond acceptors (Lipinski definition) is 5. The summed E-state index contributed by atoms with van der Waals surface area (Å²) in [5.41, 5.74) is 2.39. The molecule has 2 aromatic carbocycles. The number of hydrogen-bond donors (Lipinski definition) is 2. The summed E-state index contributed by atoms with van der Waals surface area (Å²) >= 11 is 0. The molecule has 1 aromatic heterocycles. The van der Waals surface area contributed by atoms with Crippen LogP contribution >= 0.6 is 0 Å². The molecular weight excluding hydrogens is 418 g/mol. The molecule has 1 atom stereocenters. The summed E-state index contributed by atoms with van der Waals surface area (Å²) < 4.78 is 10.9. The summed E-state index contributed by atoms with van der Waals surface area (Å²) in [5.74, 6) is 0.791. The van der Waals surface area contributed by atoms with Gasteiger partial charge >= 0.3 is 0 Å². The molecule has 0 aliphatic heterocycles. The molecular formula is C26H29N3O4. The number of nitrogens with zero attached hydrogens (tertiary/aromatic N) is 1. The van der Waals surface area contributed by atoms with E-state index in [1.165, 1.54) is 0 Å². The van der Waals surface area contributed by atoms with Crippen LogP contribution in [0.15, 0.2) is 73.1 Å². The minimum Gasteiger partial charge on any atom is -0.497 e. The molecule has 1 heterocycles. The van der Waals surface area contributed by atoms with E-state index in [9.17, 15) is 9.59 Å². The van der Waals surface area contributed by atoms with Gasteiger partial charge in [0.1, 0.15) is 24.1 Å². The third-order valence-corrected chi connectivity index (χ3v) is 5.11. The predicted octanol–water partition coefficient (Wildman–Crippen LogP) is 3.74. The molecule has 0 radical (unpaired) electrons. The lowest BCUT2D eigenvalue weighted by atomic mass is 10.0. The fourth-order valence-corrected chi connectivity index (χ4v) is 3.15. The molecule has 172 valence electrons. The van der Waals surface area contributed by atoms with Gasteiger partial charge in [0, 0.05) is 30.1 Å². The summed E-state index contributed by atoms with van der Waals surface area (Å²) in [5, 5.41) is 5.74. The van der Waals surface area contributed by atoms with E-state index in [1.807, 2.05) is 50.2 Å². The monoisotopic (exact) mass is 447 g/mol. The smallest absolute Gasteiger partial charge is 0.251 e. The molecule has 3 rings (SSSR count). The van der Waals surface area contributed by atoms with Gasteiger partial charge in [-0.1, -0.05) is 32.0 Å². The first kappa shape index (κ1) is 23.8. The highest BCUT2D eigenvalue weighted by Gasteiger charge is 2.24. The van der Waals surface area contributed by atoms with Gasteiger partial charge in [0.25, 0.3) is 5.91 Å². The minimum atomic E-state index is -0.651. The summed E-state index contributed by atoms with van der Waals surface area (Å²) in [7, 11) is 1.57. The number of nitrogens with one attached hydrogen (secondary N) is 2. The molecule has 7 heteroatoms. The van der Waals surface area contributed by atoms with Gasteiger partial charge in [-0.25, -0.2) is 0 Å². The van der Waals surface area contributed by atoms with Crippen molar-refractivity contribution in [3.05, 3.63) is 89.7 Å². The van der Waals surface area contributed by atoms with Crippen molar-refractivity contribution in [1.29, 1.82) is 0 Å². The maximum Gasteiger partial charge on any atom is 0.251 e. The van der Waals surface area contributed by atoms with E-state index in [0.29, 0.717) is 24.5 Å². The third kappa shape index (κ3) is 7.07. The third-order valence-electron chi connectivity index (χ3n) is 5.11. The molecule has 0 saturated heterocycles. The Bertz CT molecular complexity index is 1040. The second-order valence-electron chi connectivity index (χ2n) is 7.94. The molecule has 3 aromatic rings. The van der Waals surface area contributed by atoms with Gasteiger partial charge in [0.2, 0.25) is 5.91 Å². The van der Waals surface area contributed by atoms with Gasteiger partial charge in [-0.05, 0) is 53.9 Å².